The minimum Gasteiger partial charge on any atom is -0.288 e. The van der Waals surface area contributed by atoms with Gasteiger partial charge in [-0.2, -0.15) is 0 Å². The molecule has 1 aromatic carbocycles. The molecule has 0 fully saturated rings. The fourth-order valence-electron chi connectivity index (χ4n) is 1.39. The number of hydrogen-bond donors (Lipinski definition) is 0. The normalized spacial score (nSPS) is 14.1. The van der Waals surface area contributed by atoms with Crippen LogP contribution in [-0.4, -0.2) is 16.1 Å². The largest absolute Gasteiger partial charge is 0.288 e. The molecule has 17 heavy (non-hydrogen) atoms. The molecule has 0 unspecified atom stereocenters. The molecular weight excluding hydrogens is 262 g/mol. The minimum absolute atomic E-state index is 0.140. The number of nitro groups is 1. The first-order valence-electron chi connectivity index (χ1n) is 4.98. The maximum Gasteiger partial charge on any atom is 0.226 e. The summed E-state index contributed by atoms with van der Waals surface area (Å²) in [6, 6.07) is 5.92. The van der Waals surface area contributed by atoms with E-state index in [4.69, 9.17) is 11.6 Å². The maximum atomic E-state index is 11.1. The SMILES string of the molecule is CC(=O)S[C@H](c1ccc(Cl)cc1)[C@H](C)[N+](=O)[O-]. The molecule has 0 bridgehead atoms. The Morgan fingerprint density at radius 1 is 1.41 bits per heavy atom. The predicted molar refractivity (Wildman–Crippen MR) is 68.9 cm³/mol. The Morgan fingerprint density at radius 3 is 2.35 bits per heavy atom. The van der Waals surface area contributed by atoms with Gasteiger partial charge in [0.2, 0.25) is 6.04 Å². The van der Waals surface area contributed by atoms with E-state index < -0.39 is 11.3 Å². The lowest BCUT2D eigenvalue weighted by Crippen LogP contribution is -2.23. The summed E-state index contributed by atoms with van der Waals surface area (Å²) in [7, 11) is 0. The van der Waals surface area contributed by atoms with Crippen molar-refractivity contribution in [3.8, 4) is 0 Å². The van der Waals surface area contributed by atoms with E-state index in [9.17, 15) is 14.9 Å². The molecule has 0 aromatic heterocycles. The fourth-order valence-corrected chi connectivity index (χ4v) is 2.46. The van der Waals surface area contributed by atoms with Gasteiger partial charge in [0.05, 0.1) is 0 Å². The highest BCUT2D eigenvalue weighted by Gasteiger charge is 2.30. The molecule has 92 valence electrons. The van der Waals surface area contributed by atoms with Crippen molar-refractivity contribution in [3.63, 3.8) is 0 Å². The Kier molecular flexibility index (Phi) is 4.96. The lowest BCUT2D eigenvalue weighted by molar-refractivity contribution is -0.518. The van der Waals surface area contributed by atoms with Gasteiger partial charge in [-0.1, -0.05) is 35.5 Å². The van der Waals surface area contributed by atoms with Gasteiger partial charge in [-0.05, 0) is 17.7 Å². The van der Waals surface area contributed by atoms with Gasteiger partial charge in [0.25, 0.3) is 0 Å². The van der Waals surface area contributed by atoms with Gasteiger partial charge in [-0.3, -0.25) is 14.9 Å². The highest BCUT2D eigenvalue weighted by molar-refractivity contribution is 8.13. The zero-order chi connectivity index (χ0) is 13.0. The summed E-state index contributed by atoms with van der Waals surface area (Å²) in [6.45, 7) is 2.90. The third-order valence-electron chi connectivity index (χ3n) is 2.26. The molecule has 0 heterocycles. The molecule has 2 atom stereocenters. The summed E-state index contributed by atoms with van der Waals surface area (Å²) < 4.78 is 0. The van der Waals surface area contributed by atoms with Gasteiger partial charge in [-0.25, -0.2) is 0 Å². The average Bonchev–Trinajstić information content (AvgIpc) is 2.26. The number of nitrogens with zero attached hydrogens (tertiary/aromatic N) is 1. The monoisotopic (exact) mass is 273 g/mol. The first kappa shape index (κ1) is 14.0. The van der Waals surface area contributed by atoms with Gasteiger partial charge >= 0.3 is 0 Å². The second-order valence-corrected chi connectivity index (χ2v) is 5.36. The number of carbonyl (C=O) groups is 1. The van der Waals surface area contributed by atoms with Gasteiger partial charge in [0.15, 0.2) is 5.12 Å². The first-order chi connectivity index (χ1) is 7.91. The number of benzene rings is 1. The highest BCUT2D eigenvalue weighted by Crippen LogP contribution is 2.34. The van der Waals surface area contributed by atoms with Crippen LogP contribution in [0.4, 0.5) is 0 Å². The summed E-state index contributed by atoms with van der Waals surface area (Å²) in [6.07, 6.45) is 0. The predicted octanol–water partition coefficient (Wildman–Crippen LogP) is 3.33. The molecule has 0 amide bonds. The van der Waals surface area contributed by atoms with E-state index in [2.05, 4.69) is 0 Å². The van der Waals surface area contributed by atoms with Crippen molar-refractivity contribution in [1.29, 1.82) is 0 Å². The Bertz CT molecular complexity index is 421. The Balaban J connectivity index is 3.01. The second-order valence-electron chi connectivity index (χ2n) is 3.61. The Hall–Kier alpha value is -1.07. The van der Waals surface area contributed by atoms with Crippen LogP contribution in [0.15, 0.2) is 24.3 Å². The molecule has 0 radical (unpaired) electrons. The average molecular weight is 274 g/mol. The van der Waals surface area contributed by atoms with E-state index in [-0.39, 0.29) is 10.0 Å². The van der Waals surface area contributed by atoms with Crippen LogP contribution >= 0.6 is 23.4 Å². The number of thioether (sulfide) groups is 1. The number of hydrogen-bond acceptors (Lipinski definition) is 4. The lowest BCUT2D eigenvalue weighted by atomic mass is 10.1. The summed E-state index contributed by atoms with van der Waals surface area (Å²) in [5, 5.41) is 10.8. The van der Waals surface area contributed by atoms with Crippen LogP contribution in [0.3, 0.4) is 0 Å². The van der Waals surface area contributed by atoms with Crippen molar-refractivity contribution in [2.75, 3.05) is 0 Å². The van der Waals surface area contributed by atoms with Gasteiger partial charge in [0, 0.05) is 23.8 Å². The molecular formula is C11H12ClNO3S. The van der Waals surface area contributed by atoms with Gasteiger partial charge in [-0.15, -0.1) is 0 Å². The molecule has 6 heteroatoms. The van der Waals surface area contributed by atoms with E-state index in [1.807, 2.05) is 0 Å². The first-order valence-corrected chi connectivity index (χ1v) is 6.23. The van der Waals surface area contributed by atoms with E-state index in [0.29, 0.717) is 5.02 Å². The molecule has 0 saturated carbocycles. The van der Waals surface area contributed by atoms with Gasteiger partial charge in [0.1, 0.15) is 5.25 Å². The molecule has 0 aliphatic rings. The third-order valence-corrected chi connectivity index (χ3v) is 3.77. The molecule has 0 saturated heterocycles. The van der Waals surface area contributed by atoms with E-state index in [0.717, 1.165) is 17.3 Å². The maximum absolute atomic E-state index is 11.1. The zero-order valence-electron chi connectivity index (χ0n) is 9.42. The molecule has 1 rings (SSSR count). The molecule has 0 spiro atoms. The van der Waals surface area contributed by atoms with Crippen LogP contribution in [0.5, 0.6) is 0 Å². The highest BCUT2D eigenvalue weighted by atomic mass is 35.5. The molecule has 1 aromatic rings. The minimum atomic E-state index is -0.829. The third kappa shape index (κ3) is 4.02. The Labute approximate surface area is 108 Å². The lowest BCUT2D eigenvalue weighted by Gasteiger charge is -2.16. The van der Waals surface area contributed by atoms with Crippen LogP contribution in [-0.2, 0) is 4.79 Å². The molecule has 0 N–H and O–H groups in total. The zero-order valence-corrected chi connectivity index (χ0v) is 11.0. The summed E-state index contributed by atoms with van der Waals surface area (Å²) in [5.41, 5.74) is 0.735. The van der Waals surface area contributed by atoms with Gasteiger partial charge < -0.3 is 0 Å². The van der Waals surface area contributed by atoms with Crippen LogP contribution in [0, 0.1) is 10.1 Å². The van der Waals surface area contributed by atoms with E-state index in [1.165, 1.54) is 13.8 Å². The summed E-state index contributed by atoms with van der Waals surface area (Å²) in [5.74, 6) is 0. The smallest absolute Gasteiger partial charge is 0.226 e. The van der Waals surface area contributed by atoms with Crippen LogP contribution in [0.2, 0.25) is 5.02 Å². The number of halogens is 1. The molecule has 0 aliphatic heterocycles. The van der Waals surface area contributed by atoms with Crippen LogP contribution in [0.1, 0.15) is 24.7 Å². The fraction of sp³-hybridized carbons (Fsp3) is 0.364. The number of rotatable bonds is 4. The topological polar surface area (TPSA) is 60.2 Å². The Morgan fingerprint density at radius 2 is 1.94 bits per heavy atom. The standard InChI is InChI=1S/C11H12ClNO3S/c1-7(13(15)16)11(17-8(2)14)9-3-5-10(12)6-4-9/h3-7,11H,1-2H3/t7-,11-/m0/s1. The molecule has 0 aliphatic carbocycles. The van der Waals surface area contributed by atoms with Crippen LogP contribution < -0.4 is 0 Å². The van der Waals surface area contributed by atoms with E-state index >= 15 is 0 Å². The van der Waals surface area contributed by atoms with Crippen LogP contribution in [0.25, 0.3) is 0 Å². The van der Waals surface area contributed by atoms with Crippen molar-refractivity contribution < 1.29 is 9.72 Å². The number of carbonyl (C=O) groups excluding carboxylic acids is 1. The van der Waals surface area contributed by atoms with E-state index in [1.54, 1.807) is 24.3 Å². The van der Waals surface area contributed by atoms with Crippen molar-refractivity contribution >= 4 is 28.5 Å². The van der Waals surface area contributed by atoms with Crippen molar-refractivity contribution in [1.82, 2.24) is 0 Å². The van der Waals surface area contributed by atoms with Crippen molar-refractivity contribution in [2.24, 2.45) is 0 Å². The molecule has 4 nitrogen and oxygen atoms in total. The van der Waals surface area contributed by atoms with Crippen molar-refractivity contribution in [2.45, 2.75) is 25.1 Å². The van der Waals surface area contributed by atoms with Crippen molar-refractivity contribution in [3.05, 3.63) is 45.0 Å². The summed E-state index contributed by atoms with van der Waals surface area (Å²) >= 11 is 6.73. The quantitative estimate of drug-likeness (QED) is 0.624. The summed E-state index contributed by atoms with van der Waals surface area (Å²) in [4.78, 5) is 21.6. The second kappa shape index (κ2) is 6.02.